The third-order valence-corrected chi connectivity index (χ3v) is 8.03. The Bertz CT molecular complexity index is 1100. The predicted octanol–water partition coefficient (Wildman–Crippen LogP) is 1.04. The lowest BCUT2D eigenvalue weighted by Gasteiger charge is -2.32. The first kappa shape index (κ1) is 34.5. The Balaban J connectivity index is 0.000000280. The van der Waals surface area contributed by atoms with Gasteiger partial charge < -0.3 is 36.2 Å². The molecule has 13 nitrogen and oxygen atoms in total. The summed E-state index contributed by atoms with van der Waals surface area (Å²) in [6.07, 6.45) is 0. The maximum Gasteiger partial charge on any atom is 0.269 e. The minimum Gasteiger partial charge on any atom is -0.496 e. The van der Waals surface area contributed by atoms with Crippen LogP contribution in [0.25, 0.3) is 0 Å². The minimum atomic E-state index is -0.188. The smallest absolute Gasteiger partial charge is 0.269 e. The zero-order valence-electron chi connectivity index (χ0n) is 23.8. The Morgan fingerprint density at radius 3 is 1.29 bits per heavy atom. The van der Waals surface area contributed by atoms with E-state index in [1.165, 1.54) is 14.2 Å². The van der Waals surface area contributed by atoms with Crippen molar-refractivity contribution in [1.29, 1.82) is 0 Å². The molecule has 41 heavy (non-hydrogen) atoms. The van der Waals surface area contributed by atoms with Crippen molar-refractivity contribution in [3.05, 3.63) is 44.3 Å². The van der Waals surface area contributed by atoms with Crippen LogP contribution in [0.3, 0.4) is 0 Å². The molecule has 2 aliphatic heterocycles. The number of piperazine rings is 2. The van der Waals surface area contributed by atoms with Crippen LogP contribution in [0.2, 0.25) is 0 Å². The fraction of sp³-hybridized carbons (Fsp3) is 0.462. The number of hydrogen-bond acceptors (Lipinski definition) is 10. The van der Waals surface area contributed by atoms with Crippen molar-refractivity contribution >= 4 is 55.0 Å². The Labute approximate surface area is 257 Å². The molecule has 0 unspecified atom stereocenters. The average Bonchev–Trinajstić information content (AvgIpc) is 2.94. The van der Waals surface area contributed by atoms with E-state index in [1.807, 2.05) is 10.0 Å². The molecule has 228 valence electrons. The third kappa shape index (κ3) is 9.70. The van der Waals surface area contributed by atoms with Gasteiger partial charge in [-0.3, -0.25) is 20.4 Å². The number of ether oxygens (including phenoxy) is 2. The van der Waals surface area contributed by atoms with Gasteiger partial charge in [-0.2, -0.15) is 0 Å². The van der Waals surface area contributed by atoms with Gasteiger partial charge in [0.25, 0.3) is 11.8 Å². The molecule has 8 N–H and O–H groups in total. The van der Waals surface area contributed by atoms with E-state index >= 15 is 0 Å². The number of nitrogens with one attached hydrogen (secondary N) is 2. The van der Waals surface area contributed by atoms with Crippen LogP contribution in [0.1, 0.15) is 20.7 Å². The Morgan fingerprint density at radius 1 is 0.683 bits per heavy atom. The lowest BCUT2D eigenvalue weighted by atomic mass is 10.1. The van der Waals surface area contributed by atoms with Crippen LogP contribution in [0.4, 0.5) is 11.4 Å². The van der Waals surface area contributed by atoms with Crippen LogP contribution < -0.4 is 31.8 Å². The monoisotopic (exact) mass is 702 g/mol. The number of hydrazine groups is 2. The van der Waals surface area contributed by atoms with Gasteiger partial charge in [0, 0.05) is 84.8 Å². The average molecular weight is 704 g/mol. The van der Waals surface area contributed by atoms with E-state index in [0.29, 0.717) is 42.9 Å². The van der Waals surface area contributed by atoms with E-state index in [0.717, 1.165) is 52.4 Å². The molecule has 0 atom stereocenters. The second-order valence-electron chi connectivity index (χ2n) is 9.61. The van der Waals surface area contributed by atoms with Gasteiger partial charge >= 0.3 is 0 Å². The van der Waals surface area contributed by atoms with Crippen molar-refractivity contribution < 1.29 is 24.5 Å². The van der Waals surface area contributed by atoms with Crippen molar-refractivity contribution in [3.8, 4) is 11.5 Å². The van der Waals surface area contributed by atoms with Crippen molar-refractivity contribution in [2.24, 2.45) is 0 Å². The van der Waals surface area contributed by atoms with Crippen LogP contribution in [-0.4, -0.2) is 118 Å². The Hall–Kier alpha value is -2.66. The first-order valence-electron chi connectivity index (χ1n) is 12.8. The molecule has 2 heterocycles. The van der Waals surface area contributed by atoms with Crippen molar-refractivity contribution in [3.63, 3.8) is 0 Å². The van der Waals surface area contributed by atoms with Gasteiger partial charge in [0.05, 0.1) is 25.3 Å². The highest BCUT2D eigenvalue weighted by molar-refractivity contribution is 9.11. The van der Waals surface area contributed by atoms with Gasteiger partial charge in [-0.25, -0.2) is 10.0 Å². The molecule has 4 rings (SSSR count). The number of halogens is 2. The Morgan fingerprint density at radius 2 is 1.00 bits per heavy atom. The van der Waals surface area contributed by atoms with Crippen molar-refractivity contribution in [2.75, 3.05) is 92.1 Å². The van der Waals surface area contributed by atoms with Crippen LogP contribution >= 0.6 is 31.9 Å². The van der Waals surface area contributed by atoms with E-state index in [-0.39, 0.29) is 17.3 Å². The molecule has 0 aliphatic carbocycles. The minimum absolute atomic E-state index is 0. The number of methoxy groups -OCH3 is 2. The number of nitrogens with zero attached hydrogens (tertiary/aromatic N) is 4. The number of likely N-dealkylation sites (N-methyl/N-ethyl adjacent to an activating group) is 2. The van der Waals surface area contributed by atoms with E-state index < -0.39 is 0 Å². The molecule has 2 aliphatic rings. The highest BCUT2D eigenvalue weighted by Gasteiger charge is 2.21. The van der Waals surface area contributed by atoms with E-state index in [9.17, 15) is 9.59 Å². The predicted molar refractivity (Wildman–Crippen MR) is 167 cm³/mol. The van der Waals surface area contributed by atoms with Gasteiger partial charge in [0.1, 0.15) is 11.5 Å². The second kappa shape index (κ2) is 16.1. The third-order valence-electron chi connectivity index (χ3n) is 6.65. The normalized spacial score (nSPS) is 16.5. The lowest BCUT2D eigenvalue weighted by Crippen LogP contribution is -2.52. The molecule has 2 fully saturated rings. The summed E-state index contributed by atoms with van der Waals surface area (Å²) in [7, 11) is 7.18. The highest BCUT2D eigenvalue weighted by atomic mass is 79.9. The standard InChI is InChI=1S/2C13H19BrN4O2.H2O/c2*1-17-3-5-18(6-4-17)16-13(19)9-7-10(14)11(15)8-12(9)20-2;/h2*7-8H,3-6,15H2,1-2H3,(H,16,19);1H2. The highest BCUT2D eigenvalue weighted by Crippen LogP contribution is 2.30. The molecule has 0 radical (unpaired) electrons. The number of nitrogen functional groups attached to an aromatic ring is 2. The van der Waals surface area contributed by atoms with Crippen LogP contribution in [0, 0.1) is 0 Å². The largest absolute Gasteiger partial charge is 0.496 e. The molecule has 0 saturated carbocycles. The van der Waals surface area contributed by atoms with Crippen molar-refractivity contribution in [1.82, 2.24) is 30.7 Å². The fourth-order valence-electron chi connectivity index (χ4n) is 4.08. The fourth-order valence-corrected chi connectivity index (χ4v) is 4.76. The number of rotatable bonds is 6. The zero-order valence-corrected chi connectivity index (χ0v) is 27.0. The number of carbonyl (C=O) groups is 2. The second-order valence-corrected chi connectivity index (χ2v) is 11.3. The number of amides is 2. The molecular formula is C26H40Br2N8O5. The van der Waals surface area contributed by atoms with Gasteiger partial charge in [0.15, 0.2) is 0 Å². The molecule has 2 aromatic carbocycles. The molecule has 0 bridgehead atoms. The van der Waals surface area contributed by atoms with Crippen LogP contribution in [-0.2, 0) is 0 Å². The number of carbonyl (C=O) groups excluding carboxylic acids is 2. The quantitative estimate of drug-likeness (QED) is 0.319. The summed E-state index contributed by atoms with van der Waals surface area (Å²) in [6, 6.07) is 6.64. The van der Waals surface area contributed by atoms with Gasteiger partial charge in [0.2, 0.25) is 0 Å². The molecular weight excluding hydrogens is 664 g/mol. The zero-order chi connectivity index (χ0) is 29.4. The summed E-state index contributed by atoms with van der Waals surface area (Å²) in [5.74, 6) is 0.564. The van der Waals surface area contributed by atoms with Gasteiger partial charge in [-0.15, -0.1) is 0 Å². The SMILES string of the molecule is COc1cc(N)c(Br)cc1C(=O)NN1CCN(C)CC1.COc1cc(N)c(Br)cc1C(=O)NN1CCN(C)CC1.O. The summed E-state index contributed by atoms with van der Waals surface area (Å²) in [5, 5.41) is 3.85. The number of hydrogen-bond donors (Lipinski definition) is 4. The van der Waals surface area contributed by atoms with Crippen LogP contribution in [0.5, 0.6) is 11.5 Å². The number of anilines is 2. The summed E-state index contributed by atoms with van der Waals surface area (Å²) in [6.45, 7) is 6.96. The van der Waals surface area contributed by atoms with Crippen molar-refractivity contribution in [2.45, 2.75) is 0 Å². The summed E-state index contributed by atoms with van der Waals surface area (Å²) < 4.78 is 11.8. The summed E-state index contributed by atoms with van der Waals surface area (Å²) in [5.41, 5.74) is 19.4. The van der Waals surface area contributed by atoms with E-state index in [2.05, 4.69) is 66.6 Å². The topological polar surface area (TPSA) is 173 Å². The number of nitrogens with two attached hydrogens (primary N) is 2. The first-order valence-corrected chi connectivity index (χ1v) is 14.4. The lowest BCUT2D eigenvalue weighted by molar-refractivity contribution is 0.0654. The summed E-state index contributed by atoms with van der Waals surface area (Å²) in [4.78, 5) is 29.1. The van der Waals surface area contributed by atoms with Crippen LogP contribution in [0.15, 0.2) is 33.2 Å². The number of benzene rings is 2. The molecule has 2 aromatic rings. The van der Waals surface area contributed by atoms with Gasteiger partial charge in [-0.1, -0.05) is 0 Å². The molecule has 2 amide bonds. The maximum absolute atomic E-state index is 12.3. The first-order chi connectivity index (χ1) is 19.0. The van der Waals surface area contributed by atoms with E-state index in [1.54, 1.807) is 24.3 Å². The molecule has 15 heteroatoms. The maximum atomic E-state index is 12.3. The van der Waals surface area contributed by atoms with Gasteiger partial charge in [-0.05, 0) is 58.1 Å². The molecule has 2 saturated heterocycles. The Kier molecular flexibility index (Phi) is 13.6. The summed E-state index contributed by atoms with van der Waals surface area (Å²) >= 11 is 6.66. The molecule has 0 spiro atoms. The molecule has 0 aromatic heterocycles. The van der Waals surface area contributed by atoms with E-state index in [4.69, 9.17) is 20.9 Å².